The number of nitrogens with one attached hydrogen (secondary N) is 1. The van der Waals surface area contributed by atoms with E-state index in [4.69, 9.17) is 10.5 Å². The lowest BCUT2D eigenvalue weighted by molar-refractivity contribution is -0.118. The summed E-state index contributed by atoms with van der Waals surface area (Å²) in [6, 6.07) is 4.44. The molecule has 1 aromatic carbocycles. The van der Waals surface area contributed by atoms with Crippen molar-refractivity contribution in [2.45, 2.75) is 19.4 Å². The summed E-state index contributed by atoms with van der Waals surface area (Å²) in [4.78, 5) is 11.8. The fraction of sp³-hybridized carbons (Fsp3) is 0.333. The Balaban J connectivity index is 2.08. The number of amides is 1. The second-order valence-corrected chi connectivity index (χ2v) is 4.97. The van der Waals surface area contributed by atoms with E-state index in [0.29, 0.717) is 11.4 Å². The lowest BCUT2D eigenvalue weighted by Gasteiger charge is -2.13. The number of hydrogen-bond acceptors (Lipinski definition) is 4. The van der Waals surface area contributed by atoms with Crippen LogP contribution < -0.4 is 11.1 Å². The number of halogens is 1. The topological polar surface area (TPSA) is 82.2 Å². The standard InChI is InChI=1S/C15H19FN4O2/c1-10-8-18-20(9-10)14-4-3-11(5-13(14)16)19-15(21)6-12(7-17)22-2/h3-5,8-9,12H,6-7,17H2,1-2H3,(H,19,21). The second kappa shape index (κ2) is 7.15. The van der Waals surface area contributed by atoms with E-state index in [1.165, 1.54) is 17.9 Å². The first-order chi connectivity index (χ1) is 10.5. The Bertz CT molecular complexity index is 653. The monoisotopic (exact) mass is 306 g/mol. The van der Waals surface area contributed by atoms with Crippen molar-refractivity contribution in [1.29, 1.82) is 0 Å². The quantitative estimate of drug-likeness (QED) is 0.849. The fourth-order valence-corrected chi connectivity index (χ4v) is 2.00. The predicted molar refractivity (Wildman–Crippen MR) is 81.4 cm³/mol. The molecule has 1 amide bonds. The van der Waals surface area contributed by atoms with Gasteiger partial charge in [-0.2, -0.15) is 5.10 Å². The number of aryl methyl sites for hydroxylation is 1. The molecule has 0 bridgehead atoms. The van der Waals surface area contributed by atoms with Crippen molar-refractivity contribution in [2.75, 3.05) is 19.0 Å². The van der Waals surface area contributed by atoms with Gasteiger partial charge >= 0.3 is 0 Å². The van der Waals surface area contributed by atoms with E-state index in [-0.39, 0.29) is 25.0 Å². The normalized spacial score (nSPS) is 12.2. The molecule has 0 fully saturated rings. The molecule has 3 N–H and O–H groups in total. The number of methoxy groups -OCH3 is 1. The molecule has 0 saturated heterocycles. The second-order valence-electron chi connectivity index (χ2n) is 4.97. The van der Waals surface area contributed by atoms with Gasteiger partial charge in [0.05, 0.1) is 18.7 Å². The van der Waals surface area contributed by atoms with Gasteiger partial charge in [0.2, 0.25) is 5.91 Å². The van der Waals surface area contributed by atoms with Crippen molar-refractivity contribution in [3.63, 3.8) is 0 Å². The minimum Gasteiger partial charge on any atom is -0.380 e. The molecule has 0 spiro atoms. The Morgan fingerprint density at radius 2 is 2.32 bits per heavy atom. The van der Waals surface area contributed by atoms with Crippen LogP contribution in [0.5, 0.6) is 0 Å². The molecule has 22 heavy (non-hydrogen) atoms. The van der Waals surface area contributed by atoms with Gasteiger partial charge in [-0.1, -0.05) is 0 Å². The number of rotatable bonds is 6. The van der Waals surface area contributed by atoms with Crippen LogP contribution in [0.4, 0.5) is 10.1 Å². The van der Waals surface area contributed by atoms with Crippen LogP contribution in [-0.2, 0) is 9.53 Å². The molecule has 6 nitrogen and oxygen atoms in total. The molecule has 2 aromatic rings. The first-order valence-electron chi connectivity index (χ1n) is 6.87. The number of nitrogens with two attached hydrogens (primary N) is 1. The van der Waals surface area contributed by atoms with Crippen LogP contribution in [0.3, 0.4) is 0 Å². The highest BCUT2D eigenvalue weighted by molar-refractivity contribution is 5.91. The van der Waals surface area contributed by atoms with Gasteiger partial charge in [0.15, 0.2) is 5.82 Å². The summed E-state index contributed by atoms with van der Waals surface area (Å²) in [5.74, 6) is -0.748. The number of carbonyl (C=O) groups excluding carboxylic acids is 1. The molecule has 0 aliphatic rings. The maximum Gasteiger partial charge on any atom is 0.227 e. The molecular formula is C15H19FN4O2. The van der Waals surface area contributed by atoms with Crippen molar-refractivity contribution < 1.29 is 13.9 Å². The van der Waals surface area contributed by atoms with E-state index < -0.39 is 5.82 Å². The summed E-state index contributed by atoms with van der Waals surface area (Å²) in [6.45, 7) is 2.12. The minimum absolute atomic E-state index is 0.120. The van der Waals surface area contributed by atoms with Gasteiger partial charge < -0.3 is 15.8 Å². The van der Waals surface area contributed by atoms with E-state index in [2.05, 4.69) is 10.4 Å². The Morgan fingerprint density at radius 1 is 1.55 bits per heavy atom. The molecular weight excluding hydrogens is 287 g/mol. The number of ether oxygens (including phenoxy) is 1. The Hall–Kier alpha value is -2.25. The SMILES string of the molecule is COC(CN)CC(=O)Nc1ccc(-n2cc(C)cn2)c(F)c1. The average molecular weight is 306 g/mol. The molecule has 118 valence electrons. The summed E-state index contributed by atoms with van der Waals surface area (Å²) in [5, 5.41) is 6.68. The number of hydrogen-bond donors (Lipinski definition) is 2. The molecule has 0 aliphatic heterocycles. The van der Waals surface area contributed by atoms with E-state index in [9.17, 15) is 9.18 Å². The number of benzene rings is 1. The molecule has 0 saturated carbocycles. The highest BCUT2D eigenvalue weighted by Crippen LogP contribution is 2.18. The molecule has 1 atom stereocenters. The third-order valence-corrected chi connectivity index (χ3v) is 3.20. The van der Waals surface area contributed by atoms with Gasteiger partial charge in [0.1, 0.15) is 5.69 Å². The fourth-order valence-electron chi connectivity index (χ4n) is 2.00. The maximum absolute atomic E-state index is 14.1. The lowest BCUT2D eigenvalue weighted by Crippen LogP contribution is -2.28. The van der Waals surface area contributed by atoms with Crippen LogP contribution in [0, 0.1) is 12.7 Å². The van der Waals surface area contributed by atoms with Gasteiger partial charge in [-0.3, -0.25) is 4.79 Å². The Labute approximate surface area is 128 Å². The zero-order valence-electron chi connectivity index (χ0n) is 12.5. The molecule has 1 aromatic heterocycles. The zero-order chi connectivity index (χ0) is 16.1. The molecule has 1 heterocycles. The third kappa shape index (κ3) is 3.90. The van der Waals surface area contributed by atoms with E-state index in [1.54, 1.807) is 24.5 Å². The van der Waals surface area contributed by atoms with Crippen LogP contribution >= 0.6 is 0 Å². The van der Waals surface area contributed by atoms with E-state index >= 15 is 0 Å². The van der Waals surface area contributed by atoms with Gasteiger partial charge in [-0.05, 0) is 30.7 Å². The lowest BCUT2D eigenvalue weighted by atomic mass is 10.2. The van der Waals surface area contributed by atoms with Crippen LogP contribution in [0.1, 0.15) is 12.0 Å². The van der Waals surface area contributed by atoms with Crippen molar-refractivity contribution in [1.82, 2.24) is 9.78 Å². The van der Waals surface area contributed by atoms with Crippen molar-refractivity contribution in [3.8, 4) is 5.69 Å². The Kier molecular flexibility index (Phi) is 5.24. The predicted octanol–water partition coefficient (Wildman–Crippen LogP) is 1.62. The summed E-state index contributed by atoms with van der Waals surface area (Å²) < 4.78 is 20.6. The summed E-state index contributed by atoms with van der Waals surface area (Å²) in [6.07, 6.45) is 3.14. The summed E-state index contributed by atoms with van der Waals surface area (Å²) >= 11 is 0. The zero-order valence-corrected chi connectivity index (χ0v) is 12.5. The largest absolute Gasteiger partial charge is 0.380 e. The third-order valence-electron chi connectivity index (χ3n) is 3.20. The van der Waals surface area contributed by atoms with Gasteiger partial charge in [0.25, 0.3) is 0 Å². The van der Waals surface area contributed by atoms with E-state index in [0.717, 1.165) is 5.56 Å². The average Bonchev–Trinajstić information content (AvgIpc) is 2.91. The van der Waals surface area contributed by atoms with Gasteiger partial charge in [-0.15, -0.1) is 0 Å². The molecule has 1 unspecified atom stereocenters. The number of anilines is 1. The van der Waals surface area contributed by atoms with Crippen LogP contribution in [0.15, 0.2) is 30.6 Å². The molecule has 0 radical (unpaired) electrons. The van der Waals surface area contributed by atoms with Crippen molar-refractivity contribution >= 4 is 11.6 Å². The number of carbonyl (C=O) groups is 1. The highest BCUT2D eigenvalue weighted by Gasteiger charge is 2.13. The minimum atomic E-state index is -0.469. The number of nitrogens with zero attached hydrogens (tertiary/aromatic N) is 2. The highest BCUT2D eigenvalue weighted by atomic mass is 19.1. The first kappa shape index (κ1) is 16.1. The van der Waals surface area contributed by atoms with Crippen molar-refractivity contribution in [3.05, 3.63) is 42.0 Å². The molecule has 0 aliphatic carbocycles. The van der Waals surface area contributed by atoms with E-state index in [1.807, 2.05) is 6.92 Å². The van der Waals surface area contributed by atoms with Crippen LogP contribution in [-0.4, -0.2) is 35.4 Å². The molecule has 2 rings (SSSR count). The summed E-state index contributed by atoms with van der Waals surface area (Å²) in [7, 11) is 1.49. The Morgan fingerprint density at radius 3 is 2.86 bits per heavy atom. The number of aromatic nitrogens is 2. The van der Waals surface area contributed by atoms with Gasteiger partial charge in [0, 0.05) is 25.5 Å². The van der Waals surface area contributed by atoms with Crippen molar-refractivity contribution in [2.24, 2.45) is 5.73 Å². The summed E-state index contributed by atoms with van der Waals surface area (Å²) in [5.41, 5.74) is 7.09. The van der Waals surface area contributed by atoms with Crippen LogP contribution in [0.25, 0.3) is 5.69 Å². The smallest absolute Gasteiger partial charge is 0.227 e. The maximum atomic E-state index is 14.1. The first-order valence-corrected chi connectivity index (χ1v) is 6.87. The van der Waals surface area contributed by atoms with Crippen LogP contribution in [0.2, 0.25) is 0 Å². The molecule has 7 heteroatoms. The van der Waals surface area contributed by atoms with Gasteiger partial charge in [-0.25, -0.2) is 9.07 Å².